The van der Waals surface area contributed by atoms with E-state index in [0.717, 1.165) is 0 Å². The van der Waals surface area contributed by atoms with Gasteiger partial charge in [-0.25, -0.2) is 0 Å². The lowest BCUT2D eigenvalue weighted by Gasteiger charge is -2.26. The second-order valence-electron chi connectivity index (χ2n) is 3.40. The van der Waals surface area contributed by atoms with Crippen molar-refractivity contribution < 1.29 is 9.53 Å². The van der Waals surface area contributed by atoms with E-state index >= 15 is 0 Å². The van der Waals surface area contributed by atoms with Crippen LogP contribution in [0.2, 0.25) is 0 Å². The van der Waals surface area contributed by atoms with Gasteiger partial charge in [-0.15, -0.1) is 0 Å². The average Bonchev–Trinajstić information content (AvgIpc) is 2.30. The van der Waals surface area contributed by atoms with Gasteiger partial charge >= 0.3 is 0 Å². The molecule has 0 aromatic carbocycles. The van der Waals surface area contributed by atoms with Gasteiger partial charge in [0.25, 0.3) is 0 Å². The molecule has 0 unspecified atom stereocenters. The molecule has 0 aromatic heterocycles. The van der Waals surface area contributed by atoms with Crippen LogP contribution in [0.15, 0.2) is 0 Å². The summed E-state index contributed by atoms with van der Waals surface area (Å²) in [6, 6.07) is 2.04. The van der Waals surface area contributed by atoms with Crippen LogP contribution in [0.4, 0.5) is 0 Å². The second kappa shape index (κ2) is 7.21. The molecule has 0 aromatic rings. The highest BCUT2D eigenvalue weighted by Gasteiger charge is 2.15. The van der Waals surface area contributed by atoms with Crippen molar-refractivity contribution in [3.63, 3.8) is 0 Å². The minimum atomic E-state index is 0.169. The van der Waals surface area contributed by atoms with E-state index in [9.17, 15) is 4.79 Å². The maximum absolute atomic E-state index is 11.6. The summed E-state index contributed by atoms with van der Waals surface area (Å²) in [5.74, 6) is 0.169. The number of amides is 1. The molecule has 1 aliphatic rings. The Labute approximate surface area is 90.0 Å². The molecule has 0 bridgehead atoms. The molecule has 1 N–H and O–H groups in total. The van der Waals surface area contributed by atoms with E-state index in [1.165, 1.54) is 0 Å². The van der Waals surface area contributed by atoms with Gasteiger partial charge in [0.1, 0.15) is 0 Å². The topological polar surface area (TPSA) is 65.4 Å². The van der Waals surface area contributed by atoms with Crippen molar-refractivity contribution in [3.05, 3.63) is 0 Å². The zero-order chi connectivity index (χ0) is 10.9. The van der Waals surface area contributed by atoms with Gasteiger partial charge in [-0.1, -0.05) is 0 Å². The molecular formula is C10H17N3O2. The minimum Gasteiger partial charge on any atom is -0.378 e. The molecule has 0 saturated carbocycles. The summed E-state index contributed by atoms with van der Waals surface area (Å²) >= 11 is 0. The summed E-state index contributed by atoms with van der Waals surface area (Å²) in [6.45, 7) is 4.01. The van der Waals surface area contributed by atoms with Crippen molar-refractivity contribution in [2.24, 2.45) is 0 Å². The monoisotopic (exact) mass is 211 g/mol. The van der Waals surface area contributed by atoms with E-state index in [1.807, 2.05) is 11.0 Å². The van der Waals surface area contributed by atoms with Crippen molar-refractivity contribution in [2.45, 2.75) is 12.8 Å². The number of ether oxygens (including phenoxy) is 1. The first-order valence-electron chi connectivity index (χ1n) is 5.28. The number of carbonyl (C=O) groups excluding carboxylic acids is 1. The Morgan fingerprint density at radius 2 is 2.13 bits per heavy atom. The molecular weight excluding hydrogens is 194 g/mol. The molecule has 1 heterocycles. The third-order valence-corrected chi connectivity index (χ3v) is 2.29. The van der Waals surface area contributed by atoms with Crippen molar-refractivity contribution in [2.75, 3.05) is 39.4 Å². The van der Waals surface area contributed by atoms with Crippen molar-refractivity contribution in [3.8, 4) is 6.07 Å². The second-order valence-corrected chi connectivity index (χ2v) is 3.40. The molecule has 15 heavy (non-hydrogen) atoms. The number of morpholine rings is 1. The summed E-state index contributed by atoms with van der Waals surface area (Å²) in [7, 11) is 0. The molecule has 1 fully saturated rings. The minimum absolute atomic E-state index is 0.169. The van der Waals surface area contributed by atoms with Crippen LogP contribution in [0.1, 0.15) is 12.8 Å². The highest BCUT2D eigenvalue weighted by atomic mass is 16.5. The maximum Gasteiger partial charge on any atom is 0.224 e. The Bertz CT molecular complexity index is 231. The summed E-state index contributed by atoms with van der Waals surface area (Å²) in [5.41, 5.74) is 0. The average molecular weight is 211 g/mol. The van der Waals surface area contributed by atoms with Crippen molar-refractivity contribution in [1.29, 1.82) is 5.26 Å². The number of hydrogen-bond donors (Lipinski definition) is 1. The van der Waals surface area contributed by atoms with Gasteiger partial charge < -0.3 is 15.0 Å². The number of hydrogen-bond acceptors (Lipinski definition) is 4. The molecule has 84 valence electrons. The first-order valence-corrected chi connectivity index (χ1v) is 5.28. The number of nitriles is 1. The van der Waals surface area contributed by atoms with E-state index < -0.39 is 0 Å². The van der Waals surface area contributed by atoms with Gasteiger partial charge in [0.2, 0.25) is 5.91 Å². The molecule has 5 nitrogen and oxygen atoms in total. The Morgan fingerprint density at radius 3 is 2.80 bits per heavy atom. The zero-order valence-electron chi connectivity index (χ0n) is 8.87. The van der Waals surface area contributed by atoms with Gasteiger partial charge in [-0.2, -0.15) is 5.26 Å². The lowest BCUT2D eigenvalue weighted by atomic mass is 10.3. The third-order valence-electron chi connectivity index (χ3n) is 2.29. The molecule has 1 saturated heterocycles. The van der Waals surface area contributed by atoms with Gasteiger partial charge in [-0.05, 0) is 0 Å². The summed E-state index contributed by atoms with van der Waals surface area (Å²) < 4.78 is 5.16. The van der Waals surface area contributed by atoms with Crippen LogP contribution in [-0.2, 0) is 9.53 Å². The van der Waals surface area contributed by atoms with Crippen LogP contribution >= 0.6 is 0 Å². The van der Waals surface area contributed by atoms with Crippen molar-refractivity contribution >= 4 is 5.91 Å². The predicted molar refractivity (Wildman–Crippen MR) is 55.1 cm³/mol. The van der Waals surface area contributed by atoms with Gasteiger partial charge in [0, 0.05) is 39.0 Å². The summed E-state index contributed by atoms with van der Waals surface area (Å²) in [5, 5.41) is 11.4. The van der Waals surface area contributed by atoms with E-state index in [2.05, 4.69) is 5.32 Å². The maximum atomic E-state index is 11.6. The first-order chi connectivity index (χ1) is 7.34. The van der Waals surface area contributed by atoms with Gasteiger partial charge in [-0.3, -0.25) is 4.79 Å². The van der Waals surface area contributed by atoms with Crippen molar-refractivity contribution in [1.82, 2.24) is 10.2 Å². The highest BCUT2D eigenvalue weighted by molar-refractivity contribution is 5.76. The number of nitrogens with one attached hydrogen (secondary N) is 1. The Hall–Kier alpha value is -1.12. The van der Waals surface area contributed by atoms with Crippen LogP contribution in [-0.4, -0.2) is 50.2 Å². The van der Waals surface area contributed by atoms with Crippen LogP contribution < -0.4 is 5.32 Å². The number of nitrogens with zero attached hydrogens (tertiary/aromatic N) is 2. The fourth-order valence-electron chi connectivity index (χ4n) is 1.44. The van der Waals surface area contributed by atoms with Gasteiger partial charge in [0.15, 0.2) is 0 Å². The molecule has 1 amide bonds. The van der Waals surface area contributed by atoms with Crippen LogP contribution in [0, 0.1) is 11.3 Å². The van der Waals surface area contributed by atoms with E-state index in [1.54, 1.807) is 0 Å². The molecule has 1 aliphatic heterocycles. The summed E-state index contributed by atoms with van der Waals surface area (Å²) in [6.07, 6.45) is 0.997. The Balaban J connectivity index is 2.05. The molecule has 0 spiro atoms. The SMILES string of the molecule is N#CCCNCCC(=O)N1CCOCC1. The molecule has 0 aliphatic carbocycles. The largest absolute Gasteiger partial charge is 0.378 e. The third kappa shape index (κ3) is 4.77. The van der Waals surface area contributed by atoms with E-state index in [0.29, 0.717) is 52.2 Å². The quantitative estimate of drug-likeness (QED) is 0.636. The zero-order valence-corrected chi connectivity index (χ0v) is 8.87. The fraction of sp³-hybridized carbons (Fsp3) is 0.800. The number of carbonyl (C=O) groups is 1. The molecule has 0 atom stereocenters. The molecule has 0 radical (unpaired) electrons. The fourth-order valence-corrected chi connectivity index (χ4v) is 1.44. The predicted octanol–water partition coefficient (Wildman–Crippen LogP) is -0.261. The Kier molecular flexibility index (Phi) is 5.74. The first kappa shape index (κ1) is 12.0. The smallest absolute Gasteiger partial charge is 0.224 e. The van der Waals surface area contributed by atoms with Crippen LogP contribution in [0.25, 0.3) is 0 Å². The van der Waals surface area contributed by atoms with Crippen LogP contribution in [0.3, 0.4) is 0 Å². The van der Waals surface area contributed by atoms with Crippen LogP contribution in [0.5, 0.6) is 0 Å². The number of rotatable bonds is 5. The lowest BCUT2D eigenvalue weighted by molar-refractivity contribution is -0.135. The normalized spacial score (nSPS) is 16.1. The molecule has 5 heteroatoms. The van der Waals surface area contributed by atoms with E-state index in [4.69, 9.17) is 10.00 Å². The van der Waals surface area contributed by atoms with E-state index in [-0.39, 0.29) is 5.91 Å². The summed E-state index contributed by atoms with van der Waals surface area (Å²) in [4.78, 5) is 13.4. The van der Waals surface area contributed by atoms with Gasteiger partial charge in [0.05, 0.1) is 19.3 Å². The standard InChI is InChI=1S/C10H17N3O2/c11-3-1-4-12-5-2-10(14)13-6-8-15-9-7-13/h12H,1-2,4-9H2. The lowest BCUT2D eigenvalue weighted by Crippen LogP contribution is -2.41. The Morgan fingerprint density at radius 1 is 1.40 bits per heavy atom. The molecule has 1 rings (SSSR count). The highest BCUT2D eigenvalue weighted by Crippen LogP contribution is 1.99.